The molecule has 6 heteroatoms. The molecule has 128 valence electrons. The SMILES string of the molecule is CCOC(=O)C1C(c2ccccc2)=NC(=S)NC1c1ccc(F)cc1. The summed E-state index contributed by atoms with van der Waals surface area (Å²) >= 11 is 5.26. The maximum Gasteiger partial charge on any atom is 0.317 e. The number of nitrogens with one attached hydrogen (secondary N) is 1. The summed E-state index contributed by atoms with van der Waals surface area (Å²) in [5, 5.41) is 3.35. The molecular weight excluding hydrogens is 339 g/mol. The van der Waals surface area contributed by atoms with E-state index in [9.17, 15) is 9.18 Å². The van der Waals surface area contributed by atoms with Gasteiger partial charge in [-0.25, -0.2) is 9.38 Å². The quantitative estimate of drug-likeness (QED) is 0.674. The molecule has 0 radical (unpaired) electrons. The van der Waals surface area contributed by atoms with E-state index in [0.29, 0.717) is 5.71 Å². The van der Waals surface area contributed by atoms with E-state index >= 15 is 0 Å². The van der Waals surface area contributed by atoms with Crippen molar-refractivity contribution in [2.75, 3.05) is 6.61 Å². The van der Waals surface area contributed by atoms with Gasteiger partial charge in [-0.2, -0.15) is 0 Å². The minimum atomic E-state index is -0.681. The smallest absolute Gasteiger partial charge is 0.317 e. The Morgan fingerprint density at radius 3 is 2.52 bits per heavy atom. The largest absolute Gasteiger partial charge is 0.465 e. The molecule has 0 amide bonds. The van der Waals surface area contributed by atoms with Crippen molar-refractivity contribution in [1.29, 1.82) is 0 Å². The molecule has 25 heavy (non-hydrogen) atoms. The molecule has 1 aliphatic heterocycles. The van der Waals surface area contributed by atoms with Crippen molar-refractivity contribution in [3.63, 3.8) is 0 Å². The maximum absolute atomic E-state index is 13.3. The summed E-state index contributed by atoms with van der Waals surface area (Å²) in [6.07, 6.45) is 0. The van der Waals surface area contributed by atoms with Crippen molar-refractivity contribution in [3.8, 4) is 0 Å². The number of rotatable bonds is 4. The van der Waals surface area contributed by atoms with E-state index in [1.54, 1.807) is 19.1 Å². The van der Waals surface area contributed by atoms with E-state index in [2.05, 4.69) is 10.3 Å². The number of aliphatic imine (C=N–C) groups is 1. The van der Waals surface area contributed by atoms with Crippen molar-refractivity contribution in [3.05, 3.63) is 71.5 Å². The number of hydrogen-bond donors (Lipinski definition) is 1. The normalized spacial score (nSPS) is 19.8. The molecule has 2 unspecified atom stereocenters. The lowest BCUT2D eigenvalue weighted by atomic mass is 9.85. The Bertz CT molecular complexity index is 806. The van der Waals surface area contributed by atoms with E-state index < -0.39 is 17.9 Å². The second kappa shape index (κ2) is 7.53. The van der Waals surface area contributed by atoms with Crippen LogP contribution in [-0.2, 0) is 9.53 Å². The fourth-order valence-electron chi connectivity index (χ4n) is 2.86. The van der Waals surface area contributed by atoms with Crippen molar-refractivity contribution in [2.45, 2.75) is 13.0 Å². The van der Waals surface area contributed by atoms with Crippen LogP contribution in [0.2, 0.25) is 0 Å². The monoisotopic (exact) mass is 356 g/mol. The molecule has 4 nitrogen and oxygen atoms in total. The van der Waals surface area contributed by atoms with E-state index in [0.717, 1.165) is 11.1 Å². The second-order valence-corrected chi connectivity index (χ2v) is 5.96. The zero-order chi connectivity index (χ0) is 17.8. The number of carbonyl (C=O) groups is 1. The minimum absolute atomic E-state index is 0.262. The van der Waals surface area contributed by atoms with E-state index in [-0.39, 0.29) is 17.5 Å². The molecule has 0 saturated heterocycles. The number of hydrogen-bond acceptors (Lipinski definition) is 3. The summed E-state index contributed by atoms with van der Waals surface area (Å²) in [4.78, 5) is 17.1. The zero-order valence-corrected chi connectivity index (χ0v) is 14.4. The van der Waals surface area contributed by atoms with Gasteiger partial charge in [0.15, 0.2) is 5.11 Å². The lowest BCUT2D eigenvalue weighted by Crippen LogP contribution is -2.45. The van der Waals surface area contributed by atoms with Gasteiger partial charge in [0.25, 0.3) is 0 Å². The predicted molar refractivity (Wildman–Crippen MR) is 98.0 cm³/mol. The van der Waals surface area contributed by atoms with Crippen LogP contribution in [0.3, 0.4) is 0 Å². The molecule has 0 aliphatic carbocycles. The number of nitrogens with zero attached hydrogens (tertiary/aromatic N) is 1. The van der Waals surface area contributed by atoms with Crippen LogP contribution in [0.25, 0.3) is 0 Å². The first-order chi connectivity index (χ1) is 12.1. The third-order valence-electron chi connectivity index (χ3n) is 3.97. The highest BCUT2D eigenvalue weighted by atomic mass is 32.1. The molecule has 0 aromatic heterocycles. The van der Waals surface area contributed by atoms with Gasteiger partial charge in [0.05, 0.1) is 18.4 Å². The van der Waals surface area contributed by atoms with Crippen LogP contribution in [0.5, 0.6) is 0 Å². The predicted octanol–water partition coefficient (Wildman–Crippen LogP) is 3.42. The lowest BCUT2D eigenvalue weighted by molar-refractivity contribution is -0.146. The van der Waals surface area contributed by atoms with Crippen molar-refractivity contribution < 1.29 is 13.9 Å². The molecule has 0 bridgehead atoms. The van der Waals surface area contributed by atoms with Crippen LogP contribution in [0.15, 0.2) is 59.6 Å². The fourth-order valence-corrected chi connectivity index (χ4v) is 3.09. The Kier molecular flexibility index (Phi) is 5.19. The summed E-state index contributed by atoms with van der Waals surface area (Å²) in [5.41, 5.74) is 2.10. The molecule has 2 aromatic rings. The fraction of sp³-hybridized carbons (Fsp3) is 0.211. The van der Waals surface area contributed by atoms with E-state index in [1.807, 2.05) is 30.3 Å². The summed E-state index contributed by atoms with van der Waals surface area (Å²) in [6.45, 7) is 2.02. The maximum atomic E-state index is 13.3. The van der Waals surface area contributed by atoms with E-state index in [4.69, 9.17) is 17.0 Å². The third kappa shape index (κ3) is 3.74. The number of ether oxygens (including phenoxy) is 1. The van der Waals surface area contributed by atoms with Gasteiger partial charge in [-0.1, -0.05) is 42.5 Å². The summed E-state index contributed by atoms with van der Waals surface area (Å²) in [5.74, 6) is -1.42. The van der Waals surface area contributed by atoms with Crippen LogP contribution in [0.1, 0.15) is 24.1 Å². The molecule has 0 fully saturated rings. The average Bonchev–Trinajstić information content (AvgIpc) is 2.62. The zero-order valence-electron chi connectivity index (χ0n) is 13.6. The number of halogens is 1. The molecule has 1 N–H and O–H groups in total. The molecule has 1 heterocycles. The molecule has 2 atom stereocenters. The van der Waals surface area contributed by atoms with Crippen LogP contribution >= 0.6 is 12.2 Å². The highest BCUT2D eigenvalue weighted by Gasteiger charge is 2.39. The Balaban J connectivity index is 2.08. The summed E-state index contributed by atoms with van der Waals surface area (Å²) in [6, 6.07) is 14.9. The van der Waals surface area contributed by atoms with Crippen LogP contribution in [0, 0.1) is 11.7 Å². The van der Waals surface area contributed by atoms with Gasteiger partial charge in [0.2, 0.25) is 0 Å². The first kappa shape index (κ1) is 17.2. The second-order valence-electron chi connectivity index (χ2n) is 5.57. The van der Waals surface area contributed by atoms with Gasteiger partial charge in [-0.3, -0.25) is 4.79 Å². The van der Waals surface area contributed by atoms with Gasteiger partial charge in [0, 0.05) is 0 Å². The first-order valence-corrected chi connectivity index (χ1v) is 8.37. The topological polar surface area (TPSA) is 50.7 Å². The Labute approximate surface area is 150 Å². The average molecular weight is 356 g/mol. The Morgan fingerprint density at radius 2 is 1.88 bits per heavy atom. The molecule has 1 aliphatic rings. The number of thiocarbonyl (C=S) groups is 1. The van der Waals surface area contributed by atoms with Crippen molar-refractivity contribution >= 4 is 29.0 Å². The standard InChI is InChI=1S/C19H17FN2O2S/c1-2-24-18(23)15-16(12-6-4-3-5-7-12)21-19(25)22-17(15)13-8-10-14(20)11-9-13/h3-11,15,17H,2H2,1H3,(H,22,25). The summed E-state index contributed by atoms with van der Waals surface area (Å²) < 4.78 is 18.6. The van der Waals surface area contributed by atoms with Gasteiger partial charge < -0.3 is 10.1 Å². The Hall–Kier alpha value is -2.60. The van der Waals surface area contributed by atoms with Crippen molar-refractivity contribution in [2.24, 2.45) is 10.9 Å². The van der Waals surface area contributed by atoms with Crippen LogP contribution < -0.4 is 5.32 Å². The molecule has 0 saturated carbocycles. The number of carbonyl (C=O) groups excluding carboxylic acids is 1. The minimum Gasteiger partial charge on any atom is -0.465 e. The van der Waals surface area contributed by atoms with Gasteiger partial charge in [0.1, 0.15) is 11.7 Å². The number of esters is 1. The molecule has 2 aromatic carbocycles. The van der Waals surface area contributed by atoms with Crippen LogP contribution in [0.4, 0.5) is 4.39 Å². The van der Waals surface area contributed by atoms with Gasteiger partial charge in [-0.05, 0) is 42.4 Å². The first-order valence-electron chi connectivity index (χ1n) is 7.96. The lowest BCUT2D eigenvalue weighted by Gasteiger charge is -2.32. The Morgan fingerprint density at radius 1 is 1.20 bits per heavy atom. The summed E-state index contributed by atoms with van der Waals surface area (Å²) in [7, 11) is 0. The van der Waals surface area contributed by atoms with Crippen LogP contribution in [-0.4, -0.2) is 23.4 Å². The number of benzene rings is 2. The third-order valence-corrected chi connectivity index (χ3v) is 4.18. The molecule has 3 rings (SSSR count). The highest BCUT2D eigenvalue weighted by Crippen LogP contribution is 2.30. The molecular formula is C19H17FN2O2S. The highest BCUT2D eigenvalue weighted by molar-refractivity contribution is 7.80. The van der Waals surface area contributed by atoms with E-state index in [1.165, 1.54) is 12.1 Å². The van der Waals surface area contributed by atoms with Gasteiger partial charge in [-0.15, -0.1) is 0 Å². The molecule has 0 spiro atoms. The van der Waals surface area contributed by atoms with Gasteiger partial charge >= 0.3 is 5.97 Å². The van der Waals surface area contributed by atoms with Crippen molar-refractivity contribution in [1.82, 2.24) is 5.32 Å².